The molecule has 0 fully saturated rings. The van der Waals surface area contributed by atoms with Crippen molar-refractivity contribution in [1.29, 1.82) is 0 Å². The van der Waals surface area contributed by atoms with Crippen LogP contribution in [0.15, 0.2) is 29.4 Å². The van der Waals surface area contributed by atoms with E-state index in [1.165, 1.54) is 22.0 Å². The lowest BCUT2D eigenvalue weighted by molar-refractivity contribution is -0.120. The summed E-state index contributed by atoms with van der Waals surface area (Å²) in [5.41, 5.74) is 1.34. The van der Waals surface area contributed by atoms with E-state index in [-0.39, 0.29) is 23.2 Å². The van der Waals surface area contributed by atoms with Crippen molar-refractivity contribution in [3.8, 4) is 5.75 Å². The van der Waals surface area contributed by atoms with Crippen LogP contribution in [0.2, 0.25) is 0 Å². The second-order valence-corrected chi connectivity index (χ2v) is 8.29. The third-order valence-corrected chi connectivity index (χ3v) is 4.88. The Kier molecular flexibility index (Phi) is 6.52. The number of nitrogen functional groups attached to an aromatic ring is 1. The number of aromatic nitrogens is 3. The van der Waals surface area contributed by atoms with Gasteiger partial charge in [-0.2, -0.15) is 0 Å². The van der Waals surface area contributed by atoms with Crippen molar-refractivity contribution in [3.05, 3.63) is 35.7 Å². The third-order valence-electron chi connectivity index (χ3n) is 3.83. The zero-order chi connectivity index (χ0) is 19.3. The molecule has 1 heterocycles. The van der Waals surface area contributed by atoms with Crippen LogP contribution in [0.1, 0.15) is 46.0 Å². The normalized spacial score (nSPS) is 12.7. The van der Waals surface area contributed by atoms with E-state index in [4.69, 9.17) is 10.6 Å². The van der Waals surface area contributed by atoms with Crippen LogP contribution in [0.3, 0.4) is 0 Å². The van der Waals surface area contributed by atoms with E-state index < -0.39 is 0 Å². The first-order valence-corrected chi connectivity index (χ1v) is 9.47. The minimum atomic E-state index is -0.305. The molecule has 142 valence electrons. The largest absolute Gasteiger partial charge is 0.486 e. The number of carbonyl (C=O) groups excluding carboxylic acids is 1. The molecule has 2 aromatic rings. The number of rotatable bonds is 7. The van der Waals surface area contributed by atoms with Gasteiger partial charge >= 0.3 is 0 Å². The van der Waals surface area contributed by atoms with Gasteiger partial charge in [-0.3, -0.25) is 4.79 Å². The third kappa shape index (κ3) is 5.14. The standard InChI is InChI=1S/C18H27N5O2S/c1-6-20-16(24)12(2)26-17-22-21-15(23(17)19)11-25-14-9-7-13(8-10-14)18(3,4)5/h7-10,12H,6,11,19H2,1-5H3,(H,20,24)/t12-/m0/s1. The van der Waals surface area contributed by atoms with Crippen LogP contribution in [0.5, 0.6) is 5.75 Å². The molecular weight excluding hydrogens is 350 g/mol. The molecule has 1 atom stereocenters. The first-order chi connectivity index (χ1) is 12.2. The van der Waals surface area contributed by atoms with Crippen LogP contribution >= 0.6 is 11.8 Å². The number of benzene rings is 1. The second kappa shape index (κ2) is 8.44. The summed E-state index contributed by atoms with van der Waals surface area (Å²) in [6.07, 6.45) is 0. The van der Waals surface area contributed by atoms with Gasteiger partial charge in [-0.15, -0.1) is 10.2 Å². The second-order valence-electron chi connectivity index (χ2n) is 6.99. The number of amides is 1. The fraction of sp³-hybridized carbons (Fsp3) is 0.500. The topological polar surface area (TPSA) is 95.1 Å². The van der Waals surface area contributed by atoms with Gasteiger partial charge in [0.15, 0.2) is 5.82 Å². The number of nitrogens with two attached hydrogens (primary N) is 1. The maximum atomic E-state index is 11.8. The zero-order valence-electron chi connectivity index (χ0n) is 15.9. The first kappa shape index (κ1) is 20.1. The van der Waals surface area contributed by atoms with Gasteiger partial charge in [0.25, 0.3) is 0 Å². The molecule has 0 spiro atoms. The van der Waals surface area contributed by atoms with E-state index in [2.05, 4.69) is 48.4 Å². The van der Waals surface area contributed by atoms with Crippen LogP contribution in [0, 0.1) is 0 Å². The molecule has 8 heteroatoms. The highest BCUT2D eigenvalue weighted by Crippen LogP contribution is 2.25. The Bertz CT molecular complexity index is 737. The van der Waals surface area contributed by atoms with Crippen molar-refractivity contribution in [2.24, 2.45) is 0 Å². The van der Waals surface area contributed by atoms with Gasteiger partial charge < -0.3 is 15.9 Å². The first-order valence-electron chi connectivity index (χ1n) is 8.59. The molecule has 0 aliphatic rings. The molecule has 0 aliphatic carbocycles. The molecule has 7 nitrogen and oxygen atoms in total. The summed E-state index contributed by atoms with van der Waals surface area (Å²) in [5.74, 6) is 7.21. The molecule has 26 heavy (non-hydrogen) atoms. The molecule has 0 aliphatic heterocycles. The van der Waals surface area contributed by atoms with Gasteiger partial charge in [0.2, 0.25) is 11.1 Å². The highest BCUT2D eigenvalue weighted by molar-refractivity contribution is 8.00. The predicted octanol–water partition coefficient (Wildman–Crippen LogP) is 2.49. The lowest BCUT2D eigenvalue weighted by atomic mass is 9.87. The van der Waals surface area contributed by atoms with Gasteiger partial charge in [-0.1, -0.05) is 44.7 Å². The predicted molar refractivity (Wildman–Crippen MR) is 104 cm³/mol. The van der Waals surface area contributed by atoms with Gasteiger partial charge in [0.1, 0.15) is 12.4 Å². The van der Waals surface area contributed by atoms with Crippen LogP contribution in [0.25, 0.3) is 0 Å². The molecule has 0 saturated heterocycles. The molecule has 2 rings (SSSR count). The van der Waals surface area contributed by atoms with Crippen molar-refractivity contribution in [2.45, 2.75) is 57.0 Å². The molecule has 3 N–H and O–H groups in total. The summed E-state index contributed by atoms with van der Waals surface area (Å²) in [5, 5.41) is 11.0. The molecular formula is C18H27N5O2S. The highest BCUT2D eigenvalue weighted by atomic mass is 32.2. The SMILES string of the molecule is CCNC(=O)[C@H](C)Sc1nnc(COc2ccc(C(C)(C)C)cc2)n1N. The number of hydrogen-bond donors (Lipinski definition) is 2. The van der Waals surface area contributed by atoms with E-state index >= 15 is 0 Å². The summed E-state index contributed by atoms with van der Waals surface area (Å²) in [4.78, 5) is 11.8. The summed E-state index contributed by atoms with van der Waals surface area (Å²) in [6, 6.07) is 7.98. The van der Waals surface area contributed by atoms with Gasteiger partial charge in [-0.05, 0) is 37.0 Å². The van der Waals surface area contributed by atoms with E-state index in [1.807, 2.05) is 19.1 Å². The van der Waals surface area contributed by atoms with Gasteiger partial charge in [0.05, 0.1) is 5.25 Å². The minimum absolute atomic E-state index is 0.0581. The van der Waals surface area contributed by atoms with Gasteiger partial charge in [-0.25, -0.2) is 4.68 Å². The Labute approximate surface area is 158 Å². The summed E-state index contributed by atoms with van der Waals surface area (Å²) in [7, 11) is 0. The smallest absolute Gasteiger partial charge is 0.233 e. The average Bonchev–Trinajstić information content (AvgIpc) is 2.93. The van der Waals surface area contributed by atoms with Crippen molar-refractivity contribution in [2.75, 3.05) is 12.4 Å². The molecule has 0 radical (unpaired) electrons. The van der Waals surface area contributed by atoms with Crippen LogP contribution in [-0.4, -0.2) is 32.6 Å². The highest BCUT2D eigenvalue weighted by Gasteiger charge is 2.19. The number of carbonyl (C=O) groups is 1. The summed E-state index contributed by atoms with van der Waals surface area (Å²) in [6.45, 7) is 11.0. The van der Waals surface area contributed by atoms with Crippen molar-refractivity contribution < 1.29 is 9.53 Å². The Balaban J connectivity index is 1.97. The fourth-order valence-electron chi connectivity index (χ4n) is 2.21. The monoisotopic (exact) mass is 377 g/mol. The molecule has 1 amide bonds. The fourth-order valence-corrected chi connectivity index (χ4v) is 3.03. The summed E-state index contributed by atoms with van der Waals surface area (Å²) < 4.78 is 7.12. The molecule has 1 aromatic heterocycles. The van der Waals surface area contributed by atoms with E-state index in [0.717, 1.165) is 5.75 Å². The number of thioether (sulfide) groups is 1. The maximum absolute atomic E-state index is 11.8. The maximum Gasteiger partial charge on any atom is 0.233 e. The summed E-state index contributed by atoms with van der Waals surface area (Å²) >= 11 is 1.26. The quantitative estimate of drug-likeness (QED) is 0.569. The Morgan fingerprint density at radius 1 is 1.31 bits per heavy atom. The lowest BCUT2D eigenvalue weighted by Gasteiger charge is -2.19. The van der Waals surface area contributed by atoms with E-state index in [9.17, 15) is 4.79 Å². The van der Waals surface area contributed by atoms with Crippen LogP contribution in [0.4, 0.5) is 0 Å². The number of nitrogens with zero attached hydrogens (tertiary/aromatic N) is 3. The molecule has 0 bridgehead atoms. The minimum Gasteiger partial charge on any atom is -0.486 e. The molecule has 0 unspecified atom stereocenters. The molecule has 0 saturated carbocycles. The Morgan fingerprint density at radius 2 is 1.96 bits per heavy atom. The Hall–Kier alpha value is -2.22. The number of nitrogens with one attached hydrogen (secondary N) is 1. The Morgan fingerprint density at radius 3 is 2.54 bits per heavy atom. The van der Waals surface area contributed by atoms with E-state index in [0.29, 0.717) is 17.5 Å². The van der Waals surface area contributed by atoms with Crippen molar-refractivity contribution >= 4 is 17.7 Å². The number of hydrogen-bond acceptors (Lipinski definition) is 6. The van der Waals surface area contributed by atoms with Gasteiger partial charge in [0, 0.05) is 6.54 Å². The molecule has 1 aromatic carbocycles. The zero-order valence-corrected chi connectivity index (χ0v) is 16.8. The van der Waals surface area contributed by atoms with Crippen molar-refractivity contribution in [1.82, 2.24) is 20.2 Å². The average molecular weight is 378 g/mol. The van der Waals surface area contributed by atoms with Crippen LogP contribution in [-0.2, 0) is 16.8 Å². The van der Waals surface area contributed by atoms with Crippen LogP contribution < -0.4 is 15.9 Å². The number of ether oxygens (including phenoxy) is 1. The van der Waals surface area contributed by atoms with Crippen molar-refractivity contribution in [3.63, 3.8) is 0 Å². The lowest BCUT2D eigenvalue weighted by Crippen LogP contribution is -2.31. The van der Waals surface area contributed by atoms with E-state index in [1.54, 1.807) is 6.92 Å².